The van der Waals surface area contributed by atoms with Crippen molar-refractivity contribution in [2.24, 2.45) is 0 Å². The van der Waals surface area contributed by atoms with E-state index in [0.29, 0.717) is 0 Å². The first-order valence-corrected chi connectivity index (χ1v) is 7.56. The quantitative estimate of drug-likeness (QED) is 0.771. The van der Waals surface area contributed by atoms with Crippen molar-refractivity contribution in [3.05, 3.63) is 35.9 Å². The van der Waals surface area contributed by atoms with E-state index in [9.17, 15) is 22.8 Å². The summed E-state index contributed by atoms with van der Waals surface area (Å²) in [6.45, 7) is 4.71. The smallest absolute Gasteiger partial charge is 0.410 e. The van der Waals surface area contributed by atoms with Crippen molar-refractivity contribution in [2.75, 3.05) is 6.54 Å². The number of hydrogen-bond donors (Lipinski definition) is 0. The summed E-state index contributed by atoms with van der Waals surface area (Å²) in [5.41, 5.74) is -0.00640. The Morgan fingerprint density at radius 3 is 2.17 bits per heavy atom. The molecule has 1 rings (SSSR count). The molecule has 1 aromatic rings. The maximum Gasteiger partial charge on any atom is 0.410 e. The van der Waals surface area contributed by atoms with Gasteiger partial charge < -0.3 is 4.74 Å². The third-order valence-corrected chi connectivity index (χ3v) is 2.92. The number of halogens is 3. The maximum absolute atomic E-state index is 12.2. The number of hydrogen-bond acceptors (Lipinski definition) is 3. The fourth-order valence-electron chi connectivity index (χ4n) is 1.89. The van der Waals surface area contributed by atoms with Crippen LogP contribution in [0, 0.1) is 0 Å². The zero-order chi connectivity index (χ0) is 18.4. The molecule has 0 aliphatic rings. The van der Waals surface area contributed by atoms with E-state index in [1.807, 2.05) is 0 Å². The summed E-state index contributed by atoms with van der Waals surface area (Å²) in [6, 6.07) is 8.87. The molecule has 0 atom stereocenters. The maximum atomic E-state index is 12.2. The summed E-state index contributed by atoms with van der Waals surface area (Å²) >= 11 is 0. The zero-order valence-corrected chi connectivity index (χ0v) is 14.0. The van der Waals surface area contributed by atoms with Gasteiger partial charge in [0.05, 0.1) is 13.0 Å². The highest BCUT2D eigenvalue weighted by Gasteiger charge is 2.29. The third kappa shape index (κ3) is 8.55. The van der Waals surface area contributed by atoms with Crippen LogP contribution in [0.2, 0.25) is 0 Å². The molecule has 24 heavy (non-hydrogen) atoms. The lowest BCUT2D eigenvalue weighted by atomic mass is 10.1. The van der Waals surface area contributed by atoms with Crippen LogP contribution in [0.4, 0.5) is 18.0 Å². The van der Waals surface area contributed by atoms with Crippen LogP contribution in [-0.4, -0.2) is 35.1 Å². The van der Waals surface area contributed by atoms with Gasteiger partial charge in [0.1, 0.15) is 5.60 Å². The monoisotopic (exact) mass is 345 g/mol. The highest BCUT2D eigenvalue weighted by atomic mass is 19.4. The number of alkyl halides is 3. The van der Waals surface area contributed by atoms with E-state index in [1.165, 1.54) is 0 Å². The van der Waals surface area contributed by atoms with Crippen LogP contribution in [0.3, 0.4) is 0 Å². The second-order valence-electron chi connectivity index (χ2n) is 6.48. The van der Waals surface area contributed by atoms with Gasteiger partial charge in [-0.2, -0.15) is 13.2 Å². The summed E-state index contributed by atoms with van der Waals surface area (Å²) in [7, 11) is 0. The summed E-state index contributed by atoms with van der Waals surface area (Å²) < 4.78 is 41.9. The number of benzene rings is 1. The van der Waals surface area contributed by atoms with E-state index in [4.69, 9.17) is 4.74 Å². The molecule has 0 saturated carbocycles. The minimum Gasteiger partial charge on any atom is -0.444 e. The number of Topliss-reactive ketones (excluding diaryl/α,β-unsaturated/α-hetero) is 1. The van der Waals surface area contributed by atoms with Crippen molar-refractivity contribution < 1.29 is 27.5 Å². The van der Waals surface area contributed by atoms with E-state index in [-0.39, 0.29) is 6.54 Å². The molecule has 0 saturated heterocycles. The Balaban J connectivity index is 2.77. The molecule has 1 amide bonds. The molecule has 0 aliphatic carbocycles. The fraction of sp³-hybridized carbons (Fsp3) is 0.529. The average molecular weight is 345 g/mol. The van der Waals surface area contributed by atoms with Crippen molar-refractivity contribution in [2.45, 2.75) is 51.9 Å². The minimum absolute atomic E-state index is 0.0908. The number of rotatable bonds is 6. The first-order valence-electron chi connectivity index (χ1n) is 7.56. The lowest BCUT2D eigenvalue weighted by molar-refractivity contribution is -0.143. The van der Waals surface area contributed by atoms with Crippen LogP contribution in [0.5, 0.6) is 0 Å². The topological polar surface area (TPSA) is 46.6 Å². The summed E-state index contributed by atoms with van der Waals surface area (Å²) in [5.74, 6) is -0.658. The normalized spacial score (nSPS) is 11.9. The van der Waals surface area contributed by atoms with Crippen LogP contribution >= 0.6 is 0 Å². The lowest BCUT2D eigenvalue weighted by Gasteiger charge is -2.27. The van der Waals surface area contributed by atoms with E-state index >= 15 is 0 Å². The molecular formula is C17H22F3NO3. The Hall–Kier alpha value is -2.05. The lowest BCUT2D eigenvalue weighted by Crippen LogP contribution is -2.39. The Labute approximate surface area is 139 Å². The molecule has 1 aromatic carbocycles. The van der Waals surface area contributed by atoms with Gasteiger partial charge in [0, 0.05) is 13.0 Å². The number of nitrogens with zero attached hydrogens (tertiary/aromatic N) is 1. The summed E-state index contributed by atoms with van der Waals surface area (Å²) in [6.07, 6.45) is -6.98. The van der Waals surface area contributed by atoms with Crippen molar-refractivity contribution in [1.82, 2.24) is 4.90 Å². The first-order chi connectivity index (χ1) is 11.0. The highest BCUT2D eigenvalue weighted by molar-refractivity contribution is 5.84. The van der Waals surface area contributed by atoms with Gasteiger partial charge in [-0.1, -0.05) is 30.3 Å². The number of amides is 1. The predicted octanol–water partition coefficient (Wildman–Crippen LogP) is 4.34. The van der Waals surface area contributed by atoms with Gasteiger partial charge in [0.25, 0.3) is 0 Å². The molecule has 4 nitrogen and oxygen atoms in total. The minimum atomic E-state index is -4.40. The predicted molar refractivity (Wildman–Crippen MR) is 83.4 cm³/mol. The average Bonchev–Trinajstić information content (AvgIpc) is 2.43. The standard InChI is InChI=1S/C17H22F3NO3/c1-16(2,3)24-15(23)21(11-13-7-5-4-6-8-13)12-14(22)9-10-17(18,19)20/h4-8H,9-12H2,1-3H3. The Kier molecular flexibility index (Phi) is 6.81. The van der Waals surface area contributed by atoms with Gasteiger partial charge >= 0.3 is 12.3 Å². The van der Waals surface area contributed by atoms with Gasteiger partial charge in [-0.15, -0.1) is 0 Å². The number of ketones is 1. The van der Waals surface area contributed by atoms with Crippen LogP contribution in [-0.2, 0) is 16.1 Å². The summed E-state index contributed by atoms with van der Waals surface area (Å²) in [5, 5.41) is 0. The van der Waals surface area contributed by atoms with Crippen LogP contribution < -0.4 is 0 Å². The molecule has 0 unspecified atom stereocenters. The number of ether oxygens (including phenoxy) is 1. The van der Waals surface area contributed by atoms with Crippen molar-refractivity contribution in [1.29, 1.82) is 0 Å². The Morgan fingerprint density at radius 1 is 1.08 bits per heavy atom. The molecule has 0 heterocycles. The van der Waals surface area contributed by atoms with E-state index < -0.39 is 43.0 Å². The molecule has 7 heteroatoms. The van der Waals surface area contributed by atoms with Gasteiger partial charge in [0.15, 0.2) is 5.78 Å². The second kappa shape index (κ2) is 8.17. The van der Waals surface area contributed by atoms with Gasteiger partial charge in [-0.3, -0.25) is 9.69 Å². The SMILES string of the molecule is CC(C)(C)OC(=O)N(CC(=O)CCC(F)(F)F)Cc1ccccc1. The molecule has 0 aliphatic heterocycles. The Morgan fingerprint density at radius 2 is 1.67 bits per heavy atom. The largest absolute Gasteiger partial charge is 0.444 e. The van der Waals surface area contributed by atoms with Gasteiger partial charge in [0.2, 0.25) is 0 Å². The molecule has 0 spiro atoms. The number of carbonyl (C=O) groups is 2. The van der Waals surface area contributed by atoms with Gasteiger partial charge in [-0.25, -0.2) is 4.79 Å². The Bertz CT molecular complexity index is 550. The molecule has 0 N–H and O–H groups in total. The van der Waals surface area contributed by atoms with Crippen LogP contribution in [0.25, 0.3) is 0 Å². The first kappa shape index (κ1) is 20.0. The van der Waals surface area contributed by atoms with Crippen LogP contribution in [0.1, 0.15) is 39.2 Å². The zero-order valence-electron chi connectivity index (χ0n) is 14.0. The fourth-order valence-corrected chi connectivity index (χ4v) is 1.89. The molecule has 0 aromatic heterocycles. The molecule has 0 radical (unpaired) electrons. The molecular weight excluding hydrogens is 323 g/mol. The van der Waals surface area contributed by atoms with Crippen molar-refractivity contribution in [3.8, 4) is 0 Å². The number of carbonyl (C=O) groups excluding carboxylic acids is 2. The molecule has 0 bridgehead atoms. The van der Waals surface area contributed by atoms with E-state index in [0.717, 1.165) is 10.5 Å². The van der Waals surface area contributed by atoms with Crippen molar-refractivity contribution >= 4 is 11.9 Å². The second-order valence-corrected chi connectivity index (χ2v) is 6.48. The van der Waals surface area contributed by atoms with Gasteiger partial charge in [-0.05, 0) is 26.3 Å². The highest BCUT2D eigenvalue weighted by Crippen LogP contribution is 2.21. The van der Waals surface area contributed by atoms with Crippen molar-refractivity contribution in [3.63, 3.8) is 0 Å². The summed E-state index contributed by atoms with van der Waals surface area (Å²) in [4.78, 5) is 25.2. The third-order valence-electron chi connectivity index (χ3n) is 2.92. The molecule has 0 fully saturated rings. The van der Waals surface area contributed by atoms with E-state index in [2.05, 4.69) is 0 Å². The molecule has 134 valence electrons. The van der Waals surface area contributed by atoms with Crippen LogP contribution in [0.15, 0.2) is 30.3 Å². The van der Waals surface area contributed by atoms with E-state index in [1.54, 1.807) is 51.1 Å².